The van der Waals surface area contributed by atoms with E-state index in [1.54, 1.807) is 6.20 Å². The van der Waals surface area contributed by atoms with Gasteiger partial charge in [0, 0.05) is 11.1 Å². The second-order valence-electron chi connectivity index (χ2n) is 9.09. The molecule has 0 aliphatic rings. The van der Waals surface area contributed by atoms with Gasteiger partial charge in [0.1, 0.15) is 6.33 Å². The largest absolute Gasteiger partial charge is 0.253 e. The Morgan fingerprint density at radius 2 is 1.45 bits per heavy atom. The number of rotatable bonds is 5. The van der Waals surface area contributed by atoms with E-state index in [2.05, 4.69) is 93.6 Å². The highest BCUT2D eigenvalue weighted by Gasteiger charge is 2.32. The standard InChI is InChI=1S/C23H26N8/c1-14(2)17-9-7-15-11-16(8-10-18(15)26-17)22(3,4)20-28-30-21(31-29-20)23(5,6)19-12-24-13-25-27-19/h7-14H,1-6H3. The van der Waals surface area contributed by atoms with Crippen molar-refractivity contribution in [2.75, 3.05) is 0 Å². The first kappa shape index (κ1) is 20.8. The van der Waals surface area contributed by atoms with E-state index in [0.29, 0.717) is 23.3 Å². The second kappa shape index (κ2) is 7.68. The predicted octanol–water partition coefficient (Wildman–Crippen LogP) is 3.78. The monoisotopic (exact) mass is 414 g/mol. The fourth-order valence-corrected chi connectivity index (χ4v) is 3.36. The zero-order valence-electron chi connectivity index (χ0n) is 18.7. The Labute approximate surface area is 181 Å². The molecular formula is C23H26N8. The van der Waals surface area contributed by atoms with Crippen molar-refractivity contribution in [3.05, 3.63) is 71.5 Å². The van der Waals surface area contributed by atoms with Crippen molar-refractivity contribution in [1.29, 1.82) is 0 Å². The van der Waals surface area contributed by atoms with Crippen LogP contribution in [0.5, 0.6) is 0 Å². The highest BCUT2D eigenvalue weighted by atomic mass is 15.3. The van der Waals surface area contributed by atoms with E-state index in [0.717, 1.165) is 22.2 Å². The maximum Gasteiger partial charge on any atom is 0.185 e. The van der Waals surface area contributed by atoms with E-state index >= 15 is 0 Å². The second-order valence-corrected chi connectivity index (χ2v) is 9.09. The average molecular weight is 415 g/mol. The van der Waals surface area contributed by atoms with Gasteiger partial charge in [-0.3, -0.25) is 4.98 Å². The van der Waals surface area contributed by atoms with Gasteiger partial charge in [0.15, 0.2) is 11.6 Å². The van der Waals surface area contributed by atoms with Crippen molar-refractivity contribution in [2.45, 2.75) is 58.3 Å². The van der Waals surface area contributed by atoms with Crippen LogP contribution in [-0.2, 0) is 10.8 Å². The molecular weight excluding hydrogens is 388 g/mol. The Bertz CT molecular complexity index is 1200. The fourth-order valence-electron chi connectivity index (χ4n) is 3.36. The highest BCUT2D eigenvalue weighted by molar-refractivity contribution is 5.80. The van der Waals surface area contributed by atoms with Gasteiger partial charge in [-0.25, -0.2) is 4.98 Å². The molecule has 0 N–H and O–H groups in total. The number of pyridine rings is 1. The van der Waals surface area contributed by atoms with Crippen LogP contribution >= 0.6 is 0 Å². The average Bonchev–Trinajstić information content (AvgIpc) is 2.79. The van der Waals surface area contributed by atoms with Gasteiger partial charge in [-0.15, -0.1) is 25.5 Å². The van der Waals surface area contributed by atoms with Crippen molar-refractivity contribution < 1.29 is 0 Å². The maximum atomic E-state index is 4.77. The van der Waals surface area contributed by atoms with Gasteiger partial charge in [-0.2, -0.15) is 5.10 Å². The van der Waals surface area contributed by atoms with Gasteiger partial charge >= 0.3 is 0 Å². The molecule has 0 saturated carbocycles. The van der Waals surface area contributed by atoms with Crippen LogP contribution in [-0.4, -0.2) is 40.6 Å². The molecule has 3 heterocycles. The van der Waals surface area contributed by atoms with Crippen LogP contribution in [0.2, 0.25) is 0 Å². The van der Waals surface area contributed by atoms with E-state index in [-0.39, 0.29) is 0 Å². The summed E-state index contributed by atoms with van der Waals surface area (Å²) in [6.45, 7) is 12.3. The van der Waals surface area contributed by atoms with Crippen molar-refractivity contribution in [2.24, 2.45) is 0 Å². The third-order valence-corrected chi connectivity index (χ3v) is 5.74. The first-order chi connectivity index (χ1) is 14.7. The first-order valence-corrected chi connectivity index (χ1v) is 10.3. The molecule has 0 spiro atoms. The van der Waals surface area contributed by atoms with E-state index in [1.807, 2.05) is 13.8 Å². The molecule has 0 atom stereocenters. The molecule has 0 amide bonds. The SMILES string of the molecule is CC(C)c1ccc2cc(C(C)(C)c3nnc(C(C)(C)c4cncnn4)nn3)ccc2n1. The molecule has 8 heteroatoms. The highest BCUT2D eigenvalue weighted by Crippen LogP contribution is 2.32. The predicted molar refractivity (Wildman–Crippen MR) is 118 cm³/mol. The summed E-state index contributed by atoms with van der Waals surface area (Å²) in [5.74, 6) is 1.42. The van der Waals surface area contributed by atoms with E-state index in [9.17, 15) is 0 Å². The minimum atomic E-state index is -0.604. The summed E-state index contributed by atoms with van der Waals surface area (Å²) in [5, 5.41) is 26.7. The zero-order chi connectivity index (χ0) is 22.2. The molecule has 1 aromatic carbocycles. The summed E-state index contributed by atoms with van der Waals surface area (Å²) in [7, 11) is 0. The van der Waals surface area contributed by atoms with Crippen LogP contribution in [0.4, 0.5) is 0 Å². The van der Waals surface area contributed by atoms with E-state index in [1.165, 1.54) is 6.33 Å². The van der Waals surface area contributed by atoms with Crippen molar-refractivity contribution >= 4 is 10.9 Å². The third kappa shape index (κ3) is 3.85. The summed E-state index contributed by atoms with van der Waals surface area (Å²) in [6, 6.07) is 10.5. The Kier molecular flexibility index (Phi) is 5.16. The molecule has 31 heavy (non-hydrogen) atoms. The van der Waals surface area contributed by atoms with Gasteiger partial charge in [0.25, 0.3) is 0 Å². The zero-order valence-corrected chi connectivity index (χ0v) is 18.7. The van der Waals surface area contributed by atoms with Crippen LogP contribution in [0, 0.1) is 0 Å². The number of hydrogen-bond donors (Lipinski definition) is 0. The molecule has 0 saturated heterocycles. The van der Waals surface area contributed by atoms with Crippen molar-refractivity contribution in [3.8, 4) is 0 Å². The lowest BCUT2D eigenvalue weighted by molar-refractivity contribution is 0.493. The molecule has 8 nitrogen and oxygen atoms in total. The number of hydrogen-bond acceptors (Lipinski definition) is 8. The van der Waals surface area contributed by atoms with Gasteiger partial charge < -0.3 is 0 Å². The summed E-state index contributed by atoms with van der Waals surface area (Å²) in [5.41, 5.74) is 2.74. The third-order valence-electron chi connectivity index (χ3n) is 5.74. The number of nitrogens with zero attached hydrogens (tertiary/aromatic N) is 8. The molecule has 0 radical (unpaired) electrons. The van der Waals surface area contributed by atoms with Gasteiger partial charge in [0.2, 0.25) is 0 Å². The van der Waals surface area contributed by atoms with Gasteiger partial charge in [-0.05, 0) is 57.4 Å². The minimum absolute atomic E-state index is 0.395. The summed E-state index contributed by atoms with van der Waals surface area (Å²) in [6.07, 6.45) is 3.05. The smallest absolute Gasteiger partial charge is 0.185 e. The Balaban J connectivity index is 1.66. The van der Waals surface area contributed by atoms with Crippen LogP contribution in [0.15, 0.2) is 42.9 Å². The van der Waals surface area contributed by atoms with Crippen LogP contribution in [0.1, 0.15) is 76.1 Å². The molecule has 0 bridgehead atoms. The molecule has 4 aromatic rings. The summed E-state index contributed by atoms with van der Waals surface area (Å²) < 4.78 is 0. The number of benzene rings is 1. The molecule has 0 aliphatic carbocycles. The number of aromatic nitrogens is 8. The molecule has 0 aliphatic heterocycles. The quantitative estimate of drug-likeness (QED) is 0.486. The van der Waals surface area contributed by atoms with Crippen LogP contribution in [0.3, 0.4) is 0 Å². The maximum absolute atomic E-state index is 4.77. The van der Waals surface area contributed by atoms with Crippen molar-refractivity contribution in [1.82, 2.24) is 40.6 Å². The lowest BCUT2D eigenvalue weighted by Crippen LogP contribution is -2.29. The molecule has 0 unspecified atom stereocenters. The number of fused-ring (bicyclic) bond motifs is 1. The molecule has 0 fully saturated rings. The minimum Gasteiger partial charge on any atom is -0.253 e. The van der Waals surface area contributed by atoms with Gasteiger partial charge in [-0.1, -0.05) is 26.0 Å². The molecule has 3 aromatic heterocycles. The lowest BCUT2D eigenvalue weighted by atomic mass is 9.83. The summed E-state index contributed by atoms with van der Waals surface area (Å²) >= 11 is 0. The lowest BCUT2D eigenvalue weighted by Gasteiger charge is -2.24. The summed E-state index contributed by atoms with van der Waals surface area (Å²) in [4.78, 5) is 8.80. The molecule has 158 valence electrons. The first-order valence-electron chi connectivity index (χ1n) is 10.3. The normalized spacial score (nSPS) is 12.5. The Morgan fingerprint density at radius 3 is 2.06 bits per heavy atom. The van der Waals surface area contributed by atoms with E-state index in [4.69, 9.17) is 4.98 Å². The Morgan fingerprint density at radius 1 is 0.774 bits per heavy atom. The Hall–Kier alpha value is -3.42. The van der Waals surface area contributed by atoms with Crippen LogP contribution in [0.25, 0.3) is 10.9 Å². The van der Waals surface area contributed by atoms with Gasteiger partial charge in [0.05, 0.1) is 28.2 Å². The fraction of sp³-hybridized carbons (Fsp3) is 0.391. The van der Waals surface area contributed by atoms with E-state index < -0.39 is 10.8 Å². The topological polar surface area (TPSA) is 103 Å². The van der Waals surface area contributed by atoms with Crippen molar-refractivity contribution in [3.63, 3.8) is 0 Å². The molecule has 4 rings (SSSR count). The van der Waals surface area contributed by atoms with Crippen LogP contribution < -0.4 is 0 Å².